The predicted molar refractivity (Wildman–Crippen MR) is 91.1 cm³/mol. The molecule has 6 heteroatoms. The van der Waals surface area contributed by atoms with Gasteiger partial charge in [0.15, 0.2) is 20.0 Å². The molecule has 0 bridgehead atoms. The van der Waals surface area contributed by atoms with Gasteiger partial charge in [0.05, 0.1) is 0 Å². The second-order valence-electron chi connectivity index (χ2n) is 7.94. The summed E-state index contributed by atoms with van der Waals surface area (Å²) in [6, 6.07) is 4.15. The molecule has 0 fully saturated rings. The van der Waals surface area contributed by atoms with Crippen LogP contribution in [0.4, 0.5) is 0 Å². The Labute approximate surface area is 121 Å². The SMILES string of the molecule is C[Si](C)(C)Oc1ccc(O[Si](C)(C)C)n1[Si](C)(C)C. The molecule has 0 spiro atoms. The molecule has 1 aromatic heterocycles. The monoisotopic (exact) mass is 315 g/mol. The zero-order valence-corrected chi connectivity index (χ0v) is 16.9. The van der Waals surface area contributed by atoms with Crippen LogP contribution >= 0.6 is 0 Å². The van der Waals surface area contributed by atoms with E-state index in [2.05, 4.69) is 75.3 Å². The van der Waals surface area contributed by atoms with E-state index in [0.717, 1.165) is 11.8 Å². The van der Waals surface area contributed by atoms with E-state index in [-0.39, 0.29) is 0 Å². The Morgan fingerprint density at radius 1 is 0.684 bits per heavy atom. The highest BCUT2D eigenvalue weighted by atomic mass is 28.4. The molecule has 1 aromatic rings. The number of hydrogen-bond acceptors (Lipinski definition) is 2. The second kappa shape index (κ2) is 5.14. The molecule has 0 aliphatic rings. The van der Waals surface area contributed by atoms with Crippen molar-refractivity contribution in [2.75, 3.05) is 0 Å². The Hall–Kier alpha value is -0.469. The highest BCUT2D eigenvalue weighted by Gasteiger charge is 2.29. The van der Waals surface area contributed by atoms with Gasteiger partial charge < -0.3 is 13.1 Å². The van der Waals surface area contributed by atoms with Gasteiger partial charge in [-0.3, -0.25) is 0 Å². The van der Waals surface area contributed by atoms with Gasteiger partial charge in [-0.1, -0.05) is 19.6 Å². The maximum absolute atomic E-state index is 6.23. The minimum atomic E-state index is -1.60. The van der Waals surface area contributed by atoms with Gasteiger partial charge in [-0.05, 0) is 39.3 Å². The first kappa shape index (κ1) is 16.6. The lowest BCUT2D eigenvalue weighted by atomic mass is 10.6. The molecule has 0 aliphatic heterocycles. The molecule has 0 N–H and O–H groups in total. The van der Waals surface area contributed by atoms with Crippen LogP contribution in [-0.2, 0) is 0 Å². The fourth-order valence-electron chi connectivity index (χ4n) is 1.85. The number of aromatic nitrogens is 1. The van der Waals surface area contributed by atoms with Crippen molar-refractivity contribution in [3.05, 3.63) is 12.1 Å². The number of hydrogen-bond donors (Lipinski definition) is 0. The predicted octanol–water partition coefficient (Wildman–Crippen LogP) is 4.60. The van der Waals surface area contributed by atoms with E-state index in [4.69, 9.17) is 8.85 Å². The summed E-state index contributed by atoms with van der Waals surface area (Å²) >= 11 is 0. The van der Waals surface area contributed by atoms with E-state index in [9.17, 15) is 0 Å². The molecule has 0 unspecified atom stereocenters. The molecular weight excluding hydrogens is 286 g/mol. The van der Waals surface area contributed by atoms with Crippen molar-refractivity contribution in [1.82, 2.24) is 4.23 Å². The summed E-state index contributed by atoms with van der Waals surface area (Å²) in [7, 11) is -4.75. The Morgan fingerprint density at radius 3 is 1.21 bits per heavy atom. The van der Waals surface area contributed by atoms with Gasteiger partial charge in [-0.2, -0.15) is 0 Å². The topological polar surface area (TPSA) is 23.4 Å². The van der Waals surface area contributed by atoms with Gasteiger partial charge >= 0.3 is 0 Å². The largest absolute Gasteiger partial charge is 0.533 e. The van der Waals surface area contributed by atoms with Crippen molar-refractivity contribution in [2.24, 2.45) is 0 Å². The summed E-state index contributed by atoms with van der Waals surface area (Å²) in [5, 5.41) is 0. The van der Waals surface area contributed by atoms with Crippen molar-refractivity contribution >= 4 is 24.9 Å². The van der Waals surface area contributed by atoms with Crippen molar-refractivity contribution in [1.29, 1.82) is 0 Å². The van der Waals surface area contributed by atoms with Crippen LogP contribution in [0, 0.1) is 0 Å². The minimum Gasteiger partial charge on any atom is -0.533 e. The number of rotatable bonds is 5. The Bertz CT molecular complexity index is 403. The summed E-state index contributed by atoms with van der Waals surface area (Å²) < 4.78 is 14.8. The zero-order valence-electron chi connectivity index (χ0n) is 13.9. The van der Waals surface area contributed by atoms with E-state index >= 15 is 0 Å². The molecule has 1 heterocycles. The van der Waals surface area contributed by atoms with Gasteiger partial charge in [0.25, 0.3) is 0 Å². The maximum atomic E-state index is 6.23. The van der Waals surface area contributed by atoms with Crippen molar-refractivity contribution in [3.63, 3.8) is 0 Å². The third kappa shape index (κ3) is 5.19. The average molecular weight is 316 g/mol. The summed E-state index contributed by atoms with van der Waals surface area (Å²) in [5.41, 5.74) is 0. The van der Waals surface area contributed by atoms with Crippen LogP contribution in [0.3, 0.4) is 0 Å². The molecule has 0 atom stereocenters. The molecule has 0 aromatic carbocycles. The quantitative estimate of drug-likeness (QED) is 0.741. The highest BCUT2D eigenvalue weighted by molar-refractivity contribution is 6.76. The Morgan fingerprint density at radius 2 is 1.00 bits per heavy atom. The van der Waals surface area contributed by atoms with E-state index in [0.29, 0.717) is 0 Å². The van der Waals surface area contributed by atoms with Gasteiger partial charge in [0.2, 0.25) is 16.6 Å². The smallest absolute Gasteiger partial charge is 0.244 e. The summed E-state index contributed by atoms with van der Waals surface area (Å²) in [5.74, 6) is 1.98. The molecular formula is C13H29NO2Si3. The normalized spacial score (nSPS) is 13.5. The lowest BCUT2D eigenvalue weighted by Crippen LogP contribution is -2.39. The summed E-state index contributed by atoms with van der Waals surface area (Å²) in [6.45, 7) is 20.3. The van der Waals surface area contributed by atoms with E-state index in [1.54, 1.807) is 0 Å². The number of nitrogens with zero attached hydrogens (tertiary/aromatic N) is 1. The zero-order chi connectivity index (χ0) is 15.1. The third-order valence-electron chi connectivity index (χ3n) is 2.30. The molecule has 0 saturated heterocycles. The lowest BCUT2D eigenvalue weighted by Gasteiger charge is -2.30. The first-order valence-corrected chi connectivity index (χ1v) is 17.2. The van der Waals surface area contributed by atoms with Crippen LogP contribution in [0.15, 0.2) is 12.1 Å². The van der Waals surface area contributed by atoms with Crippen LogP contribution < -0.4 is 8.85 Å². The molecule has 1 rings (SSSR count). The minimum absolute atomic E-state index is 0.992. The second-order valence-corrected chi connectivity index (χ2v) is 21.6. The molecule has 0 aliphatic carbocycles. The van der Waals surface area contributed by atoms with Crippen LogP contribution in [0.5, 0.6) is 11.8 Å². The molecule has 3 nitrogen and oxygen atoms in total. The van der Waals surface area contributed by atoms with E-state index in [1.807, 2.05) is 0 Å². The molecule has 110 valence electrons. The van der Waals surface area contributed by atoms with Gasteiger partial charge in [-0.15, -0.1) is 0 Å². The molecule has 0 amide bonds. The van der Waals surface area contributed by atoms with Crippen molar-refractivity contribution in [2.45, 2.75) is 58.9 Å². The molecule has 0 radical (unpaired) electrons. The van der Waals surface area contributed by atoms with Gasteiger partial charge in [0.1, 0.15) is 0 Å². The van der Waals surface area contributed by atoms with Gasteiger partial charge in [-0.25, -0.2) is 0 Å². The van der Waals surface area contributed by atoms with Crippen LogP contribution in [0.1, 0.15) is 0 Å². The fourth-order valence-corrected chi connectivity index (χ4v) is 5.17. The Kier molecular flexibility index (Phi) is 4.49. The van der Waals surface area contributed by atoms with Crippen LogP contribution in [-0.4, -0.2) is 29.1 Å². The Balaban J connectivity index is 3.21. The summed E-state index contributed by atoms with van der Waals surface area (Å²) in [6.07, 6.45) is 0. The van der Waals surface area contributed by atoms with E-state index < -0.39 is 24.9 Å². The van der Waals surface area contributed by atoms with Crippen molar-refractivity contribution < 1.29 is 8.85 Å². The first-order valence-electron chi connectivity index (χ1n) is 6.90. The lowest BCUT2D eigenvalue weighted by molar-refractivity contribution is 0.488. The molecule has 0 saturated carbocycles. The van der Waals surface area contributed by atoms with Crippen molar-refractivity contribution in [3.8, 4) is 11.8 Å². The maximum Gasteiger partial charge on any atom is 0.244 e. The van der Waals surface area contributed by atoms with Crippen LogP contribution in [0.2, 0.25) is 58.9 Å². The fraction of sp³-hybridized carbons (Fsp3) is 0.692. The highest BCUT2D eigenvalue weighted by Crippen LogP contribution is 2.31. The first-order chi connectivity index (χ1) is 8.30. The van der Waals surface area contributed by atoms with Gasteiger partial charge in [0, 0.05) is 12.1 Å². The molecule has 19 heavy (non-hydrogen) atoms. The summed E-state index contributed by atoms with van der Waals surface area (Å²) in [4.78, 5) is 0. The van der Waals surface area contributed by atoms with E-state index in [1.165, 1.54) is 0 Å². The van der Waals surface area contributed by atoms with Crippen LogP contribution in [0.25, 0.3) is 0 Å². The standard InChI is InChI=1S/C13H29NO2Si3/c1-17(2,3)14-12(15-18(4,5)6)10-11-13(14)16-19(7,8)9/h10-11H,1-9H3. The average Bonchev–Trinajstić information content (AvgIpc) is 2.39. The third-order valence-corrected chi connectivity index (χ3v) is 5.73.